The summed E-state index contributed by atoms with van der Waals surface area (Å²) < 4.78 is 1.44. The third-order valence-electron chi connectivity index (χ3n) is 6.95. The van der Waals surface area contributed by atoms with Gasteiger partial charge in [0.05, 0.1) is 11.2 Å². The van der Waals surface area contributed by atoms with E-state index < -0.39 is 11.2 Å². The number of carbonyl (C=O) groups excluding carboxylic acids is 2. The topological polar surface area (TPSA) is 143 Å². The van der Waals surface area contributed by atoms with E-state index in [0.717, 1.165) is 31.5 Å². The van der Waals surface area contributed by atoms with Gasteiger partial charge in [-0.2, -0.15) is 4.98 Å². The Hall–Kier alpha value is -2.99. The first-order valence-electron chi connectivity index (χ1n) is 12.8. The Bertz CT molecular complexity index is 1170. The van der Waals surface area contributed by atoms with Crippen LogP contribution in [0, 0.1) is 5.92 Å². The van der Waals surface area contributed by atoms with Crippen LogP contribution in [0.2, 0.25) is 0 Å². The molecule has 3 amide bonds. The number of nitrogens with one attached hydrogen (secondary N) is 1. The first-order valence-corrected chi connectivity index (χ1v) is 12.8. The average molecular weight is 547 g/mol. The van der Waals surface area contributed by atoms with Crippen LogP contribution in [0.25, 0.3) is 5.69 Å². The molecule has 0 spiro atoms. The molecular weight excluding hydrogens is 508 g/mol. The summed E-state index contributed by atoms with van der Waals surface area (Å²) in [5, 5.41) is 2.68. The first-order chi connectivity index (χ1) is 17.5. The lowest BCUT2D eigenvalue weighted by Crippen LogP contribution is -2.58. The average Bonchev–Trinajstić information content (AvgIpc) is 2.83. The number of aromatic nitrogens is 2. The molecule has 2 heterocycles. The third kappa shape index (κ3) is 7.31. The largest absolute Gasteiger partial charge is 0.354 e. The van der Waals surface area contributed by atoms with Crippen LogP contribution >= 0.6 is 12.4 Å². The number of benzene rings is 1. The van der Waals surface area contributed by atoms with Gasteiger partial charge in [0.25, 0.3) is 0 Å². The fraction of sp³-hybridized carbons (Fsp3) is 0.538. The van der Waals surface area contributed by atoms with Gasteiger partial charge in [0.15, 0.2) is 0 Å². The molecule has 1 saturated carbocycles. The fourth-order valence-electron chi connectivity index (χ4n) is 4.89. The summed E-state index contributed by atoms with van der Waals surface area (Å²) in [4.78, 5) is 47.3. The maximum absolute atomic E-state index is 12.7. The normalized spacial score (nSPS) is 19.5. The number of nitrogens with two attached hydrogens (primary N) is 2. The van der Waals surface area contributed by atoms with Crippen molar-refractivity contribution >= 4 is 30.2 Å². The van der Waals surface area contributed by atoms with E-state index in [-0.39, 0.29) is 30.2 Å². The van der Waals surface area contributed by atoms with E-state index in [4.69, 9.17) is 11.5 Å². The molecule has 2 aromatic rings. The number of anilines is 1. The van der Waals surface area contributed by atoms with Gasteiger partial charge in [-0.1, -0.05) is 12.1 Å². The predicted molar refractivity (Wildman–Crippen MR) is 150 cm³/mol. The van der Waals surface area contributed by atoms with Crippen molar-refractivity contribution in [3.8, 4) is 5.69 Å². The number of carbonyl (C=O) groups is 2. The van der Waals surface area contributed by atoms with E-state index in [0.29, 0.717) is 43.8 Å². The summed E-state index contributed by atoms with van der Waals surface area (Å²) in [6.45, 7) is 6.76. The molecule has 11 nitrogen and oxygen atoms in total. The van der Waals surface area contributed by atoms with Crippen molar-refractivity contribution in [3.05, 3.63) is 52.6 Å². The van der Waals surface area contributed by atoms with E-state index in [1.807, 2.05) is 24.3 Å². The highest BCUT2D eigenvalue weighted by atomic mass is 35.5. The Morgan fingerprint density at radius 2 is 1.68 bits per heavy atom. The molecule has 2 aliphatic rings. The van der Waals surface area contributed by atoms with Crippen molar-refractivity contribution in [1.82, 2.24) is 24.3 Å². The summed E-state index contributed by atoms with van der Waals surface area (Å²) >= 11 is 0. The van der Waals surface area contributed by atoms with Crippen LogP contribution in [0.4, 0.5) is 10.6 Å². The molecule has 12 heteroatoms. The molecule has 0 radical (unpaired) electrons. The van der Waals surface area contributed by atoms with Crippen LogP contribution in [0.15, 0.2) is 41.3 Å². The van der Waals surface area contributed by atoms with Crippen molar-refractivity contribution in [2.24, 2.45) is 17.4 Å². The molecule has 0 unspecified atom stereocenters. The molecular formula is C26H39ClN8O3. The van der Waals surface area contributed by atoms with Crippen molar-refractivity contribution in [1.29, 1.82) is 0 Å². The van der Waals surface area contributed by atoms with Crippen LogP contribution in [0.1, 0.15) is 32.3 Å². The van der Waals surface area contributed by atoms with E-state index in [1.54, 1.807) is 35.9 Å². The number of halogens is 1. The van der Waals surface area contributed by atoms with E-state index in [1.165, 1.54) is 4.57 Å². The van der Waals surface area contributed by atoms with Gasteiger partial charge in [0, 0.05) is 51.5 Å². The maximum Gasteiger partial charge on any atom is 0.354 e. The number of hydrogen-bond donors (Lipinski definition) is 3. The number of rotatable bonds is 7. The van der Waals surface area contributed by atoms with Crippen LogP contribution in [-0.4, -0.2) is 87.5 Å². The summed E-state index contributed by atoms with van der Waals surface area (Å²) in [5.41, 5.74) is 12.2. The number of nitrogens with zero attached hydrogens (tertiary/aromatic N) is 5. The zero-order valence-electron chi connectivity index (χ0n) is 22.3. The minimum absolute atomic E-state index is 0. The fourth-order valence-corrected chi connectivity index (χ4v) is 4.89. The summed E-state index contributed by atoms with van der Waals surface area (Å²) in [6.07, 6.45) is 3.80. The summed E-state index contributed by atoms with van der Waals surface area (Å²) in [6, 6.07) is 9.41. The lowest BCUT2D eigenvalue weighted by molar-refractivity contribution is -0.137. The van der Waals surface area contributed by atoms with Crippen molar-refractivity contribution in [2.75, 3.05) is 45.1 Å². The third-order valence-corrected chi connectivity index (χ3v) is 6.95. The molecule has 1 aliphatic carbocycles. The lowest BCUT2D eigenvalue weighted by atomic mass is 9.80. The molecule has 0 atom stereocenters. The standard InChI is InChI=1S/C26H38N8O3.ClH/c1-26(2,28)23(35)32-10-12-33(13-11-32)24(36)29-22-8-9-34(25(37)30-22)21-6-4-18(5-7-21)16-31(3)17-19-14-20(27)15-19;/h4-9,19-20H,10-17,27-28H2,1-3H3,(H,29,30,36,37);1H. The second kappa shape index (κ2) is 12.2. The molecule has 1 saturated heterocycles. The SMILES string of the molecule is CN(Cc1ccc(-n2ccc(NC(=O)N3CCN(C(=O)C(C)(C)N)CC3)nc2=O)cc1)CC1CC(N)C1.Cl. The molecule has 208 valence electrons. The maximum atomic E-state index is 12.7. The highest BCUT2D eigenvalue weighted by Crippen LogP contribution is 2.26. The van der Waals surface area contributed by atoms with E-state index in [2.05, 4.69) is 22.2 Å². The zero-order valence-corrected chi connectivity index (χ0v) is 23.1. The van der Waals surface area contributed by atoms with Gasteiger partial charge in [-0.3, -0.25) is 14.7 Å². The van der Waals surface area contributed by atoms with Crippen LogP contribution in [-0.2, 0) is 11.3 Å². The smallest absolute Gasteiger partial charge is 0.338 e. The second-order valence-corrected chi connectivity index (χ2v) is 10.9. The van der Waals surface area contributed by atoms with Crippen LogP contribution in [0.3, 0.4) is 0 Å². The Balaban J connectivity index is 0.00000400. The summed E-state index contributed by atoms with van der Waals surface area (Å²) in [7, 11) is 2.11. The summed E-state index contributed by atoms with van der Waals surface area (Å²) in [5.74, 6) is 0.721. The number of hydrogen-bond acceptors (Lipinski definition) is 7. The minimum atomic E-state index is -0.945. The Kier molecular flexibility index (Phi) is 9.53. The zero-order chi connectivity index (χ0) is 26.7. The van der Waals surface area contributed by atoms with Crippen molar-refractivity contribution in [3.63, 3.8) is 0 Å². The van der Waals surface area contributed by atoms with E-state index in [9.17, 15) is 14.4 Å². The molecule has 4 rings (SSSR count). The molecule has 1 aromatic carbocycles. The monoisotopic (exact) mass is 546 g/mol. The van der Waals surface area contributed by atoms with Crippen molar-refractivity contribution < 1.29 is 9.59 Å². The van der Waals surface area contributed by atoms with Crippen molar-refractivity contribution in [2.45, 2.75) is 44.8 Å². The van der Waals surface area contributed by atoms with Gasteiger partial charge in [-0.15, -0.1) is 12.4 Å². The van der Waals surface area contributed by atoms with Gasteiger partial charge in [0.1, 0.15) is 5.82 Å². The number of amides is 3. The first kappa shape index (κ1) is 29.6. The van der Waals surface area contributed by atoms with Gasteiger partial charge in [0.2, 0.25) is 5.91 Å². The molecule has 1 aromatic heterocycles. The van der Waals surface area contributed by atoms with Crippen LogP contribution < -0.4 is 22.5 Å². The highest BCUT2D eigenvalue weighted by molar-refractivity contribution is 5.89. The Morgan fingerprint density at radius 1 is 1.08 bits per heavy atom. The highest BCUT2D eigenvalue weighted by Gasteiger charge is 2.31. The lowest BCUT2D eigenvalue weighted by Gasteiger charge is -2.37. The van der Waals surface area contributed by atoms with Crippen LogP contribution in [0.5, 0.6) is 0 Å². The van der Waals surface area contributed by atoms with Gasteiger partial charge in [-0.05, 0) is 63.4 Å². The minimum Gasteiger partial charge on any atom is -0.338 e. The van der Waals surface area contributed by atoms with Gasteiger partial charge < -0.3 is 26.2 Å². The molecule has 2 fully saturated rings. The number of piperazine rings is 1. The predicted octanol–water partition coefficient (Wildman–Crippen LogP) is 1.24. The Labute approximate surface area is 229 Å². The molecule has 1 aliphatic heterocycles. The van der Waals surface area contributed by atoms with Gasteiger partial charge in [-0.25, -0.2) is 9.59 Å². The Morgan fingerprint density at radius 3 is 2.24 bits per heavy atom. The van der Waals surface area contributed by atoms with Gasteiger partial charge >= 0.3 is 11.7 Å². The van der Waals surface area contributed by atoms with E-state index >= 15 is 0 Å². The second-order valence-electron chi connectivity index (χ2n) is 10.9. The number of urea groups is 1. The molecule has 5 N–H and O–H groups in total. The molecule has 0 bridgehead atoms. The molecule has 38 heavy (non-hydrogen) atoms. The quantitative estimate of drug-likeness (QED) is 0.474.